The van der Waals surface area contributed by atoms with Crippen LogP contribution in [0.25, 0.3) is 77.2 Å². The quantitative estimate of drug-likeness (QED) is 0.0822. The molecule has 0 spiro atoms. The maximum Gasteiger partial charge on any atom is 0.309 e. The van der Waals surface area contributed by atoms with Gasteiger partial charge in [0.05, 0.1) is 35.0 Å². The molecule has 0 radical (unpaired) electrons. The zero-order chi connectivity index (χ0) is 64.8. The number of Topliss-reactive ketones (excluding diaryl/α,β-unsaturated/α-hetero) is 3. The van der Waals surface area contributed by atoms with Crippen LogP contribution in [0.15, 0.2) is 126 Å². The molecule has 2 aliphatic rings. The van der Waals surface area contributed by atoms with Crippen molar-refractivity contribution in [2.45, 2.75) is 127 Å². The molecule has 0 saturated carbocycles. The minimum atomic E-state index is -0.758. The molecule has 3 aromatic heterocycles. The Hall–Kier alpha value is -8.75. The number of carbonyl (C=O) groups excluding carboxylic acids is 4. The summed E-state index contributed by atoms with van der Waals surface area (Å²) in [5.41, 5.74) is 17.1. The Morgan fingerprint density at radius 1 is 0.489 bits per heavy atom. The molecule has 11 rings (SSSR count). The van der Waals surface area contributed by atoms with Crippen molar-refractivity contribution in [3.8, 4) is 33.4 Å². The van der Waals surface area contributed by atoms with E-state index in [0.717, 1.165) is 83.6 Å². The van der Waals surface area contributed by atoms with Gasteiger partial charge in [0, 0.05) is 56.6 Å². The summed E-state index contributed by atoms with van der Waals surface area (Å²) < 4.78 is 50.3. The van der Waals surface area contributed by atoms with Crippen LogP contribution in [0.3, 0.4) is 0 Å². The summed E-state index contributed by atoms with van der Waals surface area (Å²) in [4.78, 5) is 74.6. The van der Waals surface area contributed by atoms with Gasteiger partial charge in [0.25, 0.3) is 0 Å². The molecule has 2 atom stereocenters. The molecule has 1 N–H and O–H groups in total. The molecule has 9 aromatic rings. The number of carboxylic acids is 1. The number of carboxylic acid groups (broad SMARTS) is 1. The number of aliphatic carboxylic acids is 1. The number of benzene rings is 6. The number of hydrogen-bond donors (Lipinski definition) is 1. The van der Waals surface area contributed by atoms with Crippen LogP contribution in [0.2, 0.25) is 0 Å². The van der Waals surface area contributed by atoms with Crippen LogP contribution in [-0.2, 0) is 14.3 Å². The van der Waals surface area contributed by atoms with Gasteiger partial charge in [0.2, 0.25) is 0 Å². The molecule has 6 aromatic carbocycles. The summed E-state index contributed by atoms with van der Waals surface area (Å²) in [5, 5.41) is 11.9. The van der Waals surface area contributed by atoms with Gasteiger partial charge in [-0.25, -0.2) is 28.1 Å². The van der Waals surface area contributed by atoms with Crippen LogP contribution in [0, 0.1) is 70.8 Å². The first kappa shape index (κ1) is 65.7. The number of hydrogen-bond acceptors (Lipinski definition) is 9. The van der Waals surface area contributed by atoms with Gasteiger partial charge in [-0.2, -0.15) is 0 Å². The normalized spacial score (nSPS) is 14.6. The van der Waals surface area contributed by atoms with Crippen LogP contribution in [0.5, 0.6) is 0 Å². The highest BCUT2D eigenvalue weighted by molar-refractivity contribution is 9.10. The van der Waals surface area contributed by atoms with E-state index in [2.05, 4.69) is 37.0 Å². The molecule has 14 heteroatoms. The fourth-order valence-electron chi connectivity index (χ4n) is 12.7. The largest absolute Gasteiger partial charge is 0.481 e. The minimum Gasteiger partial charge on any atom is -0.481 e. The van der Waals surface area contributed by atoms with E-state index < -0.39 is 5.97 Å². The molecule has 10 nitrogen and oxygen atoms in total. The van der Waals surface area contributed by atoms with E-state index in [0.29, 0.717) is 119 Å². The Bertz CT molecular complexity index is 4440. The Labute approximate surface area is 531 Å². The lowest BCUT2D eigenvalue weighted by Gasteiger charge is -2.24. The van der Waals surface area contributed by atoms with Crippen molar-refractivity contribution in [1.29, 1.82) is 0 Å². The predicted molar refractivity (Wildman–Crippen MR) is 356 cm³/mol. The lowest BCUT2D eigenvalue weighted by Crippen LogP contribution is -2.19. The molecule has 3 heterocycles. The third kappa shape index (κ3) is 13.5. The SMILES string of the molecule is CCC(=O)c1cc(-c2ccccc2F)c2c(C)c(Br)c(C)cc2n1.CCC(=O)c1cc(-c2ccccc2F)c2c(C)c(C3=CCC(C(=O)O)CC3)c(C)cc2n1.CCOC(=O)C1CC=C(c2c(C)cc3nc(C(=O)CC)cc(-c4ccccc4F)c3c2C)CC1. The van der Waals surface area contributed by atoms with E-state index in [9.17, 15) is 42.3 Å². The molecule has 462 valence electrons. The van der Waals surface area contributed by atoms with Crippen molar-refractivity contribution < 1.29 is 47.0 Å². The first-order chi connectivity index (χ1) is 43.1. The van der Waals surface area contributed by atoms with Crippen LogP contribution in [0.4, 0.5) is 13.2 Å². The highest BCUT2D eigenvalue weighted by atomic mass is 79.9. The first-order valence-corrected chi connectivity index (χ1v) is 31.5. The summed E-state index contributed by atoms with van der Waals surface area (Å²) in [7, 11) is 0. The van der Waals surface area contributed by atoms with Gasteiger partial charge in [-0.15, -0.1) is 0 Å². The average molecular weight is 1280 g/mol. The maximum absolute atomic E-state index is 14.9. The summed E-state index contributed by atoms with van der Waals surface area (Å²) in [6, 6.07) is 30.9. The summed E-state index contributed by atoms with van der Waals surface area (Å²) in [5.74, 6) is -2.55. The molecule has 2 unspecified atom stereocenters. The fraction of sp³-hybridized carbons (Fsp3) is 0.289. The van der Waals surface area contributed by atoms with Gasteiger partial charge in [-0.3, -0.25) is 24.0 Å². The van der Waals surface area contributed by atoms with E-state index in [-0.39, 0.29) is 52.6 Å². The summed E-state index contributed by atoms with van der Waals surface area (Å²) >= 11 is 3.60. The van der Waals surface area contributed by atoms with Crippen LogP contribution in [-0.4, -0.2) is 56.0 Å². The molecular weight excluding hydrogens is 1200 g/mol. The highest BCUT2D eigenvalue weighted by Gasteiger charge is 2.28. The van der Waals surface area contributed by atoms with Gasteiger partial charge < -0.3 is 9.84 Å². The first-order valence-electron chi connectivity index (χ1n) is 30.7. The Morgan fingerprint density at radius 3 is 1.16 bits per heavy atom. The Morgan fingerprint density at radius 2 is 0.833 bits per heavy atom. The fourth-order valence-corrected chi connectivity index (χ4v) is 13.0. The molecule has 0 fully saturated rings. The van der Waals surface area contributed by atoms with Gasteiger partial charge >= 0.3 is 11.9 Å². The molecule has 2 aliphatic carbocycles. The monoisotopic (exact) mass is 1280 g/mol. The van der Waals surface area contributed by atoms with Gasteiger partial charge in [0.15, 0.2) is 17.3 Å². The highest BCUT2D eigenvalue weighted by Crippen LogP contribution is 2.44. The molecule has 90 heavy (non-hydrogen) atoms. The van der Waals surface area contributed by atoms with Crippen molar-refractivity contribution in [2.24, 2.45) is 11.8 Å². The van der Waals surface area contributed by atoms with Gasteiger partial charge in [-0.1, -0.05) is 103 Å². The molecule has 0 amide bonds. The Kier molecular flexibility index (Phi) is 20.7. The molecule has 0 aliphatic heterocycles. The third-order valence-corrected chi connectivity index (χ3v) is 18.5. The van der Waals surface area contributed by atoms with Crippen molar-refractivity contribution in [3.05, 3.63) is 205 Å². The Balaban J connectivity index is 0.000000162. The van der Waals surface area contributed by atoms with E-state index in [4.69, 9.17) is 4.74 Å². The van der Waals surface area contributed by atoms with Crippen LogP contribution in [0.1, 0.15) is 161 Å². The lowest BCUT2D eigenvalue weighted by atomic mass is 9.82. The summed E-state index contributed by atoms with van der Waals surface area (Å²) in [6.07, 6.45) is 9.12. The average Bonchev–Trinajstić information content (AvgIpc) is 0.776. The second-order valence-electron chi connectivity index (χ2n) is 23.1. The topological polar surface area (TPSA) is 153 Å². The van der Waals surface area contributed by atoms with Crippen molar-refractivity contribution in [1.82, 2.24) is 15.0 Å². The standard InChI is InChI=1S/C29H30FNO3.C27H26FNO3.C20H17BrFNO/c1-5-26(32)24-16-22(21-9-7-8-10-23(21)30)28-18(4)27(17(3)15-25(28)31-24)19-11-13-20(14-12-19)29(33)34-6-2;1-4-24(30)22-14-20(19-7-5-6-8-21(19)28)26-16(3)25(15(2)13-23(26)29-22)17-9-11-18(12-10-17)27(31)32;1-4-18(24)16-10-14(13-7-5-6-8-15(13)22)19-12(3)20(21)11(2)9-17(19)23-16/h7-11,15-16,20H,5-6,12-14H2,1-4H3;5-9,13-14,18H,4,10-12H2,1-3H3,(H,31,32);5-10H,4H2,1-3H3. The number of ether oxygens (including phenoxy) is 1. The van der Waals surface area contributed by atoms with E-state index in [1.54, 1.807) is 93.6 Å². The minimum absolute atomic E-state index is 0.0484. The number of esters is 1. The van der Waals surface area contributed by atoms with E-state index in [1.165, 1.54) is 23.8 Å². The molecule has 0 saturated heterocycles. The van der Waals surface area contributed by atoms with Crippen molar-refractivity contribution >= 4 is 89.1 Å². The maximum atomic E-state index is 14.9. The number of aryl methyl sites for hydroxylation is 6. The number of aromatic nitrogens is 3. The second kappa shape index (κ2) is 28.4. The number of halogens is 4. The van der Waals surface area contributed by atoms with Crippen molar-refractivity contribution in [3.63, 3.8) is 0 Å². The van der Waals surface area contributed by atoms with E-state index in [1.807, 2.05) is 72.7 Å². The van der Waals surface area contributed by atoms with Crippen molar-refractivity contribution in [2.75, 3.05) is 6.61 Å². The van der Waals surface area contributed by atoms with Gasteiger partial charge in [-0.05, 0) is 214 Å². The van der Waals surface area contributed by atoms with Gasteiger partial charge in [0.1, 0.15) is 34.5 Å². The molecule has 0 bridgehead atoms. The number of pyridine rings is 3. The number of fused-ring (bicyclic) bond motifs is 3. The number of allylic oxidation sites excluding steroid dienone is 4. The number of rotatable bonds is 14. The number of nitrogens with zero attached hydrogens (tertiary/aromatic N) is 3. The predicted octanol–water partition coefficient (Wildman–Crippen LogP) is 19.5. The number of ketones is 3. The van der Waals surface area contributed by atoms with Crippen LogP contribution >= 0.6 is 15.9 Å². The smallest absolute Gasteiger partial charge is 0.309 e. The second-order valence-corrected chi connectivity index (χ2v) is 23.9. The summed E-state index contributed by atoms with van der Waals surface area (Å²) in [6.45, 7) is 19.7. The number of carbonyl (C=O) groups is 5. The van der Waals surface area contributed by atoms with Crippen LogP contribution < -0.4 is 0 Å². The zero-order valence-electron chi connectivity index (χ0n) is 52.5. The zero-order valence-corrected chi connectivity index (χ0v) is 54.1. The van der Waals surface area contributed by atoms with E-state index >= 15 is 0 Å². The molecular formula is C76H73BrF3N3O7. The third-order valence-electron chi connectivity index (χ3n) is 17.3. The lowest BCUT2D eigenvalue weighted by molar-refractivity contribution is -0.148.